The van der Waals surface area contributed by atoms with Gasteiger partial charge in [-0.25, -0.2) is 0 Å². The van der Waals surface area contributed by atoms with Crippen LogP contribution < -0.4 is 63.3 Å². The summed E-state index contributed by atoms with van der Waals surface area (Å²) in [5.41, 5.74) is 0. The van der Waals surface area contributed by atoms with E-state index in [9.17, 15) is 5.11 Å². The van der Waals surface area contributed by atoms with Crippen molar-refractivity contribution in [3.8, 4) is 0 Å². The van der Waals surface area contributed by atoms with Gasteiger partial charge in [-0.15, -0.1) is 6.61 Å². The summed E-state index contributed by atoms with van der Waals surface area (Å²) in [6, 6.07) is 0.345. The van der Waals surface area contributed by atoms with E-state index in [1.165, 1.54) is 6.42 Å². The molecule has 0 aromatic heterocycles. The molecule has 0 spiro atoms. The zero-order valence-electron chi connectivity index (χ0n) is 8.55. The van der Waals surface area contributed by atoms with Crippen molar-refractivity contribution >= 4 is 0 Å². The van der Waals surface area contributed by atoms with Crippen LogP contribution in [-0.2, 0) is 0 Å². The Kier molecular flexibility index (Phi) is 8.09. The first-order valence-electron chi connectivity index (χ1n) is 4.56. The molecule has 0 radical (unpaired) electrons. The minimum Gasteiger partial charge on any atom is -0.853 e. The Bertz CT molecular complexity index is 119. The molecule has 1 saturated heterocycles. The van der Waals surface area contributed by atoms with Crippen molar-refractivity contribution in [2.75, 3.05) is 19.7 Å². The van der Waals surface area contributed by atoms with Crippen LogP contribution in [0.5, 0.6) is 0 Å². The molecule has 1 rings (SSSR count). The fourth-order valence-corrected chi connectivity index (χ4v) is 1.79. The molecule has 0 aromatic carbocycles. The number of hydrogen-bond donors (Lipinski definition) is 0. The average molecular weight is 242 g/mol. The standard InChI is InChI=1S/C9H18NO.Rb/c1-8(2)6-10-5-3-4-9(10)7-11;/h8-9H,3-7H2,1-2H3;/q-1;+1/t9-;/m0./s1. The molecule has 1 fully saturated rings. The van der Waals surface area contributed by atoms with E-state index >= 15 is 0 Å². The molecule has 3 heteroatoms. The van der Waals surface area contributed by atoms with E-state index in [1.54, 1.807) is 0 Å². The smallest absolute Gasteiger partial charge is 0.853 e. The van der Waals surface area contributed by atoms with Gasteiger partial charge in [0.25, 0.3) is 0 Å². The van der Waals surface area contributed by atoms with Gasteiger partial charge in [0.1, 0.15) is 0 Å². The monoisotopic (exact) mass is 241 g/mol. The maximum Gasteiger partial charge on any atom is 1.00 e. The first-order chi connectivity index (χ1) is 5.24. The van der Waals surface area contributed by atoms with Crippen molar-refractivity contribution in [3.05, 3.63) is 0 Å². The molecular weight excluding hydrogens is 224 g/mol. The van der Waals surface area contributed by atoms with Crippen LogP contribution in [0, 0.1) is 5.92 Å². The third kappa shape index (κ3) is 4.29. The van der Waals surface area contributed by atoms with Gasteiger partial charge in [-0.1, -0.05) is 13.8 Å². The van der Waals surface area contributed by atoms with Gasteiger partial charge in [0, 0.05) is 6.54 Å². The maximum absolute atomic E-state index is 10.7. The fourth-order valence-electron chi connectivity index (χ4n) is 1.79. The van der Waals surface area contributed by atoms with Crippen LogP contribution in [-0.4, -0.2) is 30.6 Å². The summed E-state index contributed by atoms with van der Waals surface area (Å²) in [5.74, 6) is 0.696. The van der Waals surface area contributed by atoms with Crippen LogP contribution in [0.2, 0.25) is 0 Å². The Morgan fingerprint density at radius 3 is 2.67 bits per heavy atom. The largest absolute Gasteiger partial charge is 1.00 e. The second-order valence-corrected chi connectivity index (χ2v) is 3.85. The molecule has 0 aliphatic carbocycles. The van der Waals surface area contributed by atoms with Crippen molar-refractivity contribution in [2.45, 2.75) is 32.7 Å². The van der Waals surface area contributed by atoms with Crippen molar-refractivity contribution in [2.24, 2.45) is 5.92 Å². The average Bonchev–Trinajstić information content (AvgIpc) is 2.34. The van der Waals surface area contributed by atoms with Crippen LogP contribution in [0.25, 0.3) is 0 Å². The van der Waals surface area contributed by atoms with E-state index in [1.807, 2.05) is 0 Å². The molecule has 0 bridgehead atoms. The van der Waals surface area contributed by atoms with Gasteiger partial charge in [0.15, 0.2) is 0 Å². The number of nitrogens with zero attached hydrogens (tertiary/aromatic N) is 1. The SMILES string of the molecule is CC(C)CN1CCC[C@H]1C[O-].[Rb+]. The summed E-state index contributed by atoms with van der Waals surface area (Å²) in [4.78, 5) is 2.34. The Hall–Kier alpha value is 1.73. The first-order valence-corrected chi connectivity index (χ1v) is 4.56. The number of rotatable bonds is 3. The van der Waals surface area contributed by atoms with Gasteiger partial charge in [-0.05, 0) is 31.3 Å². The van der Waals surface area contributed by atoms with Gasteiger partial charge < -0.3 is 10.0 Å². The molecule has 0 aromatic rings. The normalized spacial score (nSPS) is 24.5. The number of likely N-dealkylation sites (tertiary alicyclic amines) is 1. The summed E-state index contributed by atoms with van der Waals surface area (Å²) in [5, 5.41) is 10.7. The fraction of sp³-hybridized carbons (Fsp3) is 1.00. The molecule has 0 saturated carbocycles. The van der Waals surface area contributed by atoms with Gasteiger partial charge in [-0.2, -0.15) is 0 Å². The summed E-state index contributed by atoms with van der Waals surface area (Å²) in [7, 11) is 0. The van der Waals surface area contributed by atoms with E-state index in [0.717, 1.165) is 19.5 Å². The molecule has 0 unspecified atom stereocenters. The molecule has 1 aliphatic rings. The predicted octanol–water partition coefficient (Wildman–Crippen LogP) is -2.53. The number of hydrogen-bond acceptors (Lipinski definition) is 2. The topological polar surface area (TPSA) is 26.3 Å². The van der Waals surface area contributed by atoms with Crippen LogP contribution in [0.4, 0.5) is 0 Å². The first kappa shape index (κ1) is 13.7. The van der Waals surface area contributed by atoms with Crippen molar-refractivity contribution < 1.29 is 63.3 Å². The minimum atomic E-state index is 0. The second kappa shape index (κ2) is 7.07. The zero-order valence-corrected chi connectivity index (χ0v) is 13.5. The van der Waals surface area contributed by atoms with E-state index in [0.29, 0.717) is 12.0 Å². The molecule has 2 nitrogen and oxygen atoms in total. The second-order valence-electron chi connectivity index (χ2n) is 3.85. The Balaban J connectivity index is 0.00000121. The summed E-state index contributed by atoms with van der Waals surface area (Å²) in [6.45, 7) is 6.76. The third-order valence-corrected chi connectivity index (χ3v) is 2.29. The van der Waals surface area contributed by atoms with Crippen LogP contribution in [0.1, 0.15) is 26.7 Å². The van der Waals surface area contributed by atoms with Crippen LogP contribution in [0.15, 0.2) is 0 Å². The predicted molar refractivity (Wildman–Crippen MR) is 44.3 cm³/mol. The van der Waals surface area contributed by atoms with Gasteiger partial charge >= 0.3 is 58.2 Å². The van der Waals surface area contributed by atoms with E-state index in [-0.39, 0.29) is 64.8 Å². The van der Waals surface area contributed by atoms with Gasteiger partial charge in [-0.3, -0.25) is 0 Å². The summed E-state index contributed by atoms with van der Waals surface area (Å²) in [6.07, 6.45) is 2.34. The quantitative estimate of drug-likeness (QED) is 0.545. The summed E-state index contributed by atoms with van der Waals surface area (Å²) < 4.78 is 0. The van der Waals surface area contributed by atoms with Gasteiger partial charge in [0.05, 0.1) is 0 Å². The van der Waals surface area contributed by atoms with Crippen LogP contribution in [0.3, 0.4) is 0 Å². The molecule has 66 valence electrons. The zero-order chi connectivity index (χ0) is 8.27. The van der Waals surface area contributed by atoms with Crippen molar-refractivity contribution in [1.82, 2.24) is 4.90 Å². The van der Waals surface area contributed by atoms with E-state index in [4.69, 9.17) is 0 Å². The molecule has 1 aliphatic heterocycles. The molecule has 0 amide bonds. The Morgan fingerprint density at radius 2 is 2.17 bits per heavy atom. The van der Waals surface area contributed by atoms with Gasteiger partial charge in [0.2, 0.25) is 0 Å². The van der Waals surface area contributed by atoms with Crippen molar-refractivity contribution in [3.63, 3.8) is 0 Å². The Morgan fingerprint density at radius 1 is 1.50 bits per heavy atom. The van der Waals surface area contributed by atoms with Crippen molar-refractivity contribution in [1.29, 1.82) is 0 Å². The minimum absolute atomic E-state index is 0. The Labute approximate surface area is 125 Å². The molecule has 0 N–H and O–H groups in total. The maximum atomic E-state index is 10.7. The van der Waals surface area contributed by atoms with Crippen LogP contribution >= 0.6 is 0 Å². The molecule has 1 atom stereocenters. The molecule has 1 heterocycles. The molecule has 12 heavy (non-hydrogen) atoms. The summed E-state index contributed by atoms with van der Waals surface area (Å²) >= 11 is 0. The van der Waals surface area contributed by atoms with E-state index < -0.39 is 0 Å². The third-order valence-electron chi connectivity index (χ3n) is 2.29. The van der Waals surface area contributed by atoms with E-state index in [2.05, 4.69) is 18.7 Å². The molecular formula is C9H18NORb.